The zero-order chi connectivity index (χ0) is 16.2. The topological polar surface area (TPSA) is 69.6 Å². The Labute approximate surface area is 127 Å². The first-order chi connectivity index (χ1) is 9.56. The second-order valence-corrected chi connectivity index (χ2v) is 4.83. The molecule has 0 unspecified atom stereocenters. The first-order valence-corrected chi connectivity index (χ1v) is 6.13. The zero-order valence-corrected chi connectivity index (χ0v) is 11.8. The van der Waals surface area contributed by atoms with Crippen LogP contribution in [0, 0.1) is 0 Å². The molecule has 0 atom stereocenters. The van der Waals surface area contributed by atoms with Crippen molar-refractivity contribution in [3.63, 3.8) is 0 Å². The van der Waals surface area contributed by atoms with E-state index in [9.17, 15) is 22.8 Å². The second kappa shape index (κ2) is 6.86. The number of hydrogen-bond acceptors (Lipinski definition) is 2. The van der Waals surface area contributed by atoms with Crippen LogP contribution in [-0.2, 0) is 4.79 Å². The van der Waals surface area contributed by atoms with Crippen molar-refractivity contribution < 1.29 is 27.9 Å². The maximum absolute atomic E-state index is 12.3. The first kappa shape index (κ1) is 17.4. The minimum atomic E-state index is -4.72. The second-order valence-electron chi connectivity index (χ2n) is 3.95. The van der Waals surface area contributed by atoms with Crippen molar-refractivity contribution in [1.29, 1.82) is 0 Å². The Morgan fingerprint density at radius 3 is 2.14 bits per heavy atom. The van der Waals surface area contributed by atoms with Crippen LogP contribution in [0.4, 0.5) is 23.7 Å². The molecule has 2 amide bonds. The van der Waals surface area contributed by atoms with Crippen LogP contribution in [0.2, 0.25) is 10.0 Å². The van der Waals surface area contributed by atoms with E-state index in [1.807, 2.05) is 0 Å². The number of aliphatic carboxylic acids is 1. The van der Waals surface area contributed by atoms with Crippen LogP contribution in [0.25, 0.3) is 0 Å². The van der Waals surface area contributed by atoms with Gasteiger partial charge < -0.3 is 15.3 Å². The summed E-state index contributed by atoms with van der Waals surface area (Å²) in [7, 11) is 0. The lowest BCUT2D eigenvalue weighted by atomic mass is 10.3. The maximum Gasteiger partial charge on any atom is 0.406 e. The van der Waals surface area contributed by atoms with Crippen molar-refractivity contribution >= 4 is 40.9 Å². The van der Waals surface area contributed by atoms with E-state index in [2.05, 4.69) is 5.32 Å². The van der Waals surface area contributed by atoms with Crippen LogP contribution in [0.1, 0.15) is 0 Å². The summed E-state index contributed by atoms with van der Waals surface area (Å²) >= 11 is 11.4. The van der Waals surface area contributed by atoms with Gasteiger partial charge >= 0.3 is 18.2 Å². The Kier molecular flexibility index (Phi) is 5.68. The summed E-state index contributed by atoms with van der Waals surface area (Å²) in [6.07, 6.45) is -4.72. The molecule has 0 saturated carbocycles. The average Bonchev–Trinajstić information content (AvgIpc) is 2.23. The Morgan fingerprint density at radius 1 is 1.19 bits per heavy atom. The van der Waals surface area contributed by atoms with Crippen LogP contribution in [0.15, 0.2) is 18.2 Å². The SMILES string of the molecule is O=C(O)CN(CC(F)(F)F)C(=O)Nc1cc(Cl)cc(Cl)c1. The van der Waals surface area contributed by atoms with Crippen molar-refractivity contribution in [3.8, 4) is 0 Å². The molecule has 1 aromatic carbocycles. The third-order valence-electron chi connectivity index (χ3n) is 2.10. The number of hydrogen-bond donors (Lipinski definition) is 2. The molecule has 21 heavy (non-hydrogen) atoms. The number of halogens is 5. The monoisotopic (exact) mass is 344 g/mol. The molecule has 0 saturated heterocycles. The molecular weight excluding hydrogens is 336 g/mol. The van der Waals surface area contributed by atoms with E-state index in [0.717, 1.165) is 0 Å². The van der Waals surface area contributed by atoms with E-state index in [-0.39, 0.29) is 20.6 Å². The van der Waals surface area contributed by atoms with E-state index in [4.69, 9.17) is 28.3 Å². The third-order valence-corrected chi connectivity index (χ3v) is 2.53. The van der Waals surface area contributed by atoms with E-state index in [0.29, 0.717) is 0 Å². The summed E-state index contributed by atoms with van der Waals surface area (Å²) in [4.78, 5) is 22.4. The number of benzene rings is 1. The molecule has 2 N–H and O–H groups in total. The molecule has 5 nitrogen and oxygen atoms in total. The smallest absolute Gasteiger partial charge is 0.406 e. The largest absolute Gasteiger partial charge is 0.480 e. The molecule has 116 valence electrons. The number of urea groups is 1. The molecule has 0 aliphatic heterocycles. The van der Waals surface area contributed by atoms with Gasteiger partial charge in [-0.2, -0.15) is 13.2 Å². The van der Waals surface area contributed by atoms with Crippen LogP contribution in [0.3, 0.4) is 0 Å². The maximum atomic E-state index is 12.3. The lowest BCUT2D eigenvalue weighted by Crippen LogP contribution is -2.44. The van der Waals surface area contributed by atoms with Gasteiger partial charge in [0.05, 0.1) is 0 Å². The fourth-order valence-corrected chi connectivity index (χ4v) is 1.93. The summed E-state index contributed by atoms with van der Waals surface area (Å²) in [5.74, 6) is -1.57. The highest BCUT2D eigenvalue weighted by Crippen LogP contribution is 2.23. The summed E-state index contributed by atoms with van der Waals surface area (Å²) in [5.41, 5.74) is 0.0510. The molecule has 0 spiro atoms. The standard InChI is InChI=1S/C11H9Cl2F3N2O3/c12-6-1-7(13)3-8(2-6)17-10(21)18(4-9(19)20)5-11(14,15)16/h1-3H,4-5H2,(H,17,21)(H,19,20). The van der Waals surface area contributed by atoms with Gasteiger partial charge in [0.2, 0.25) is 0 Å². The van der Waals surface area contributed by atoms with Gasteiger partial charge in [-0.25, -0.2) is 4.79 Å². The van der Waals surface area contributed by atoms with Gasteiger partial charge in [0, 0.05) is 15.7 Å². The summed E-state index contributed by atoms with van der Waals surface area (Å²) < 4.78 is 37.0. The summed E-state index contributed by atoms with van der Waals surface area (Å²) in [6.45, 7) is -2.79. The van der Waals surface area contributed by atoms with Crippen molar-refractivity contribution in [2.75, 3.05) is 18.4 Å². The Bertz CT molecular complexity index is 532. The predicted molar refractivity (Wildman–Crippen MR) is 70.7 cm³/mol. The third kappa shape index (κ3) is 6.54. The van der Waals surface area contributed by atoms with Crippen LogP contribution >= 0.6 is 23.2 Å². The minimum Gasteiger partial charge on any atom is -0.480 e. The number of carboxylic acid groups (broad SMARTS) is 1. The molecule has 0 heterocycles. The molecule has 1 aromatic rings. The fraction of sp³-hybridized carbons (Fsp3) is 0.273. The number of amides is 2. The number of carbonyl (C=O) groups excluding carboxylic acids is 1. The van der Waals surface area contributed by atoms with E-state index in [1.165, 1.54) is 18.2 Å². The van der Waals surface area contributed by atoms with Gasteiger partial charge in [-0.1, -0.05) is 23.2 Å². The molecule has 0 radical (unpaired) electrons. The summed E-state index contributed by atoms with van der Waals surface area (Å²) in [6, 6.07) is 2.66. The number of carbonyl (C=O) groups is 2. The molecule has 1 rings (SSSR count). The Morgan fingerprint density at radius 2 is 1.71 bits per heavy atom. The van der Waals surface area contributed by atoms with E-state index in [1.54, 1.807) is 0 Å². The van der Waals surface area contributed by atoms with Gasteiger partial charge in [0.25, 0.3) is 0 Å². The average molecular weight is 345 g/mol. The number of carboxylic acids is 1. The molecule has 10 heteroatoms. The van der Waals surface area contributed by atoms with E-state index >= 15 is 0 Å². The lowest BCUT2D eigenvalue weighted by Gasteiger charge is -2.22. The number of rotatable bonds is 4. The number of alkyl halides is 3. The lowest BCUT2D eigenvalue weighted by molar-refractivity contribution is -0.148. The Hall–Kier alpha value is -1.67. The predicted octanol–water partition coefficient (Wildman–Crippen LogP) is 3.47. The van der Waals surface area contributed by atoms with Crippen LogP contribution in [0.5, 0.6) is 0 Å². The molecule has 0 fully saturated rings. The van der Waals surface area contributed by atoms with Crippen molar-refractivity contribution in [3.05, 3.63) is 28.2 Å². The Balaban J connectivity index is 2.87. The normalized spacial score (nSPS) is 11.1. The molecule has 0 bridgehead atoms. The van der Waals surface area contributed by atoms with Crippen molar-refractivity contribution in [2.24, 2.45) is 0 Å². The summed E-state index contributed by atoms with van der Waals surface area (Å²) in [5, 5.41) is 11.0. The van der Waals surface area contributed by atoms with Crippen LogP contribution in [-0.4, -0.2) is 41.3 Å². The molecular formula is C11H9Cl2F3N2O3. The molecule has 0 aromatic heterocycles. The molecule has 0 aliphatic rings. The van der Waals surface area contributed by atoms with Crippen molar-refractivity contribution in [1.82, 2.24) is 4.90 Å². The fourth-order valence-electron chi connectivity index (χ4n) is 1.41. The highest BCUT2D eigenvalue weighted by atomic mass is 35.5. The van der Waals surface area contributed by atoms with Gasteiger partial charge in [-0.15, -0.1) is 0 Å². The highest BCUT2D eigenvalue weighted by Gasteiger charge is 2.34. The first-order valence-electron chi connectivity index (χ1n) is 5.37. The van der Waals surface area contributed by atoms with Gasteiger partial charge in [-0.3, -0.25) is 4.79 Å². The minimum absolute atomic E-state index is 0.0510. The van der Waals surface area contributed by atoms with Gasteiger partial charge in [-0.05, 0) is 18.2 Å². The molecule has 0 aliphatic carbocycles. The van der Waals surface area contributed by atoms with Gasteiger partial charge in [0.15, 0.2) is 0 Å². The quantitative estimate of drug-likeness (QED) is 0.878. The zero-order valence-electron chi connectivity index (χ0n) is 10.2. The van der Waals surface area contributed by atoms with Gasteiger partial charge in [0.1, 0.15) is 13.1 Å². The number of nitrogens with zero attached hydrogens (tertiary/aromatic N) is 1. The van der Waals surface area contributed by atoms with E-state index < -0.39 is 31.3 Å². The van der Waals surface area contributed by atoms with Crippen LogP contribution < -0.4 is 5.32 Å². The van der Waals surface area contributed by atoms with Crippen molar-refractivity contribution in [2.45, 2.75) is 6.18 Å². The number of anilines is 1. The number of nitrogens with one attached hydrogen (secondary N) is 1. The highest BCUT2D eigenvalue weighted by molar-refractivity contribution is 6.35.